The van der Waals surface area contributed by atoms with Crippen LogP contribution in [0.4, 0.5) is 0 Å². The van der Waals surface area contributed by atoms with Gasteiger partial charge < -0.3 is 20.3 Å². The third kappa shape index (κ3) is 9.20. The number of hydrogen-bond donors (Lipinski definition) is 2. The van der Waals surface area contributed by atoms with Gasteiger partial charge >= 0.3 is 0 Å². The van der Waals surface area contributed by atoms with Crippen molar-refractivity contribution < 1.29 is 9.53 Å². The summed E-state index contributed by atoms with van der Waals surface area (Å²) in [6.07, 6.45) is 1.02. The zero-order valence-corrected chi connectivity index (χ0v) is 19.6. The molecule has 2 rings (SSSR count). The average Bonchev–Trinajstić information content (AvgIpc) is 2.68. The average molecular weight is 503 g/mol. The van der Waals surface area contributed by atoms with Crippen molar-refractivity contribution in [3.63, 3.8) is 0 Å². The number of nitrogens with zero attached hydrogens (tertiary/aromatic N) is 3. The topological polar surface area (TPSA) is 69.2 Å². The number of hydrogen-bond acceptors (Lipinski definition) is 4. The van der Waals surface area contributed by atoms with Gasteiger partial charge in [0.05, 0.1) is 26.3 Å². The smallest absolute Gasteiger partial charge is 0.241 e. The van der Waals surface area contributed by atoms with E-state index in [0.29, 0.717) is 12.5 Å². The van der Waals surface area contributed by atoms with Gasteiger partial charge in [-0.1, -0.05) is 24.3 Å². The minimum absolute atomic E-state index is 0. The Morgan fingerprint density at radius 2 is 1.93 bits per heavy atom. The van der Waals surface area contributed by atoms with E-state index in [1.54, 1.807) is 19.0 Å². The molecule has 1 aromatic carbocycles. The van der Waals surface area contributed by atoms with Crippen molar-refractivity contribution in [2.75, 3.05) is 60.0 Å². The van der Waals surface area contributed by atoms with Crippen LogP contribution in [0.5, 0.6) is 0 Å². The molecule has 1 fully saturated rings. The van der Waals surface area contributed by atoms with E-state index >= 15 is 0 Å². The number of benzene rings is 1. The second-order valence-corrected chi connectivity index (χ2v) is 6.97. The predicted molar refractivity (Wildman–Crippen MR) is 124 cm³/mol. The van der Waals surface area contributed by atoms with Crippen LogP contribution in [0.25, 0.3) is 0 Å². The van der Waals surface area contributed by atoms with Crippen LogP contribution in [0.3, 0.4) is 0 Å². The lowest BCUT2D eigenvalue weighted by atomic mass is 10.1. The van der Waals surface area contributed by atoms with Crippen LogP contribution >= 0.6 is 24.0 Å². The van der Waals surface area contributed by atoms with Crippen molar-refractivity contribution in [3.8, 4) is 0 Å². The SMILES string of the molecule is Cc1ccccc1CN=C(NCCCN1CCOCC1)NCC(=O)N(C)C.I. The van der Waals surface area contributed by atoms with Gasteiger partial charge in [-0.2, -0.15) is 0 Å². The first-order valence-corrected chi connectivity index (χ1v) is 9.63. The molecule has 0 aliphatic carbocycles. The highest BCUT2D eigenvalue weighted by molar-refractivity contribution is 14.0. The van der Waals surface area contributed by atoms with Crippen molar-refractivity contribution in [2.45, 2.75) is 19.9 Å². The molecule has 7 nitrogen and oxygen atoms in total. The molecule has 2 N–H and O–H groups in total. The second kappa shape index (κ2) is 13.7. The van der Waals surface area contributed by atoms with Gasteiger partial charge in [-0.15, -0.1) is 24.0 Å². The molecular weight excluding hydrogens is 469 g/mol. The third-order valence-corrected chi connectivity index (χ3v) is 4.62. The monoisotopic (exact) mass is 503 g/mol. The van der Waals surface area contributed by atoms with Crippen molar-refractivity contribution in [3.05, 3.63) is 35.4 Å². The number of morpholine rings is 1. The van der Waals surface area contributed by atoms with Crippen LogP contribution in [0.2, 0.25) is 0 Å². The molecule has 158 valence electrons. The molecule has 8 heteroatoms. The van der Waals surface area contributed by atoms with Gasteiger partial charge in [0.2, 0.25) is 5.91 Å². The fraction of sp³-hybridized carbons (Fsp3) is 0.600. The molecule has 0 saturated carbocycles. The number of aliphatic imine (C=N–C) groups is 1. The summed E-state index contributed by atoms with van der Waals surface area (Å²) in [6.45, 7) is 8.41. The maximum Gasteiger partial charge on any atom is 0.241 e. The molecule has 0 atom stereocenters. The Morgan fingerprint density at radius 3 is 2.61 bits per heavy atom. The van der Waals surface area contributed by atoms with Crippen LogP contribution in [-0.4, -0.2) is 81.7 Å². The minimum atomic E-state index is 0. The number of likely N-dealkylation sites (N-methyl/N-ethyl adjacent to an activating group) is 1. The van der Waals surface area contributed by atoms with Gasteiger partial charge in [0.1, 0.15) is 0 Å². The van der Waals surface area contributed by atoms with E-state index in [2.05, 4.69) is 39.6 Å². The maximum atomic E-state index is 11.9. The quantitative estimate of drug-likeness (QED) is 0.244. The number of carbonyl (C=O) groups is 1. The summed E-state index contributed by atoms with van der Waals surface area (Å²) in [5.74, 6) is 0.698. The fourth-order valence-electron chi connectivity index (χ4n) is 2.78. The van der Waals surface area contributed by atoms with E-state index in [1.807, 2.05) is 12.1 Å². The van der Waals surface area contributed by atoms with E-state index in [0.717, 1.165) is 45.8 Å². The normalized spacial score (nSPS) is 14.9. The molecule has 0 aromatic heterocycles. The molecule has 1 aliphatic rings. The highest BCUT2D eigenvalue weighted by atomic mass is 127. The Bertz CT molecular complexity index is 618. The predicted octanol–water partition coefficient (Wildman–Crippen LogP) is 1.46. The molecule has 0 radical (unpaired) electrons. The Kier molecular flexibility index (Phi) is 12.1. The fourth-order valence-corrected chi connectivity index (χ4v) is 2.78. The third-order valence-electron chi connectivity index (χ3n) is 4.62. The van der Waals surface area contributed by atoms with Crippen LogP contribution in [0.15, 0.2) is 29.3 Å². The second-order valence-electron chi connectivity index (χ2n) is 6.97. The molecule has 0 unspecified atom stereocenters. The molecule has 1 aromatic rings. The summed E-state index contributed by atoms with van der Waals surface area (Å²) >= 11 is 0. The van der Waals surface area contributed by atoms with Crippen LogP contribution < -0.4 is 10.6 Å². The Labute approximate surface area is 185 Å². The summed E-state index contributed by atoms with van der Waals surface area (Å²) in [6, 6.07) is 8.22. The maximum absolute atomic E-state index is 11.9. The summed E-state index contributed by atoms with van der Waals surface area (Å²) in [5, 5.41) is 6.50. The lowest BCUT2D eigenvalue weighted by Gasteiger charge is -2.26. The molecule has 1 saturated heterocycles. The lowest BCUT2D eigenvalue weighted by molar-refractivity contribution is -0.127. The molecule has 1 amide bonds. The Balaban J connectivity index is 0.00000392. The van der Waals surface area contributed by atoms with Gasteiger partial charge in [0.15, 0.2) is 5.96 Å². The van der Waals surface area contributed by atoms with E-state index < -0.39 is 0 Å². The molecule has 28 heavy (non-hydrogen) atoms. The number of amides is 1. The number of nitrogens with one attached hydrogen (secondary N) is 2. The first-order chi connectivity index (χ1) is 13.1. The van der Waals surface area contributed by atoms with Gasteiger partial charge in [0.25, 0.3) is 0 Å². The molecule has 1 aliphatic heterocycles. The first-order valence-electron chi connectivity index (χ1n) is 9.63. The molecular formula is C20H34IN5O2. The van der Waals surface area contributed by atoms with Crippen LogP contribution in [0.1, 0.15) is 17.5 Å². The minimum Gasteiger partial charge on any atom is -0.379 e. The summed E-state index contributed by atoms with van der Waals surface area (Å²) in [5.41, 5.74) is 2.41. The number of carbonyl (C=O) groups excluding carboxylic acids is 1. The van der Waals surface area contributed by atoms with Gasteiger partial charge in [-0.05, 0) is 31.0 Å². The Hall–Kier alpha value is -1.39. The highest BCUT2D eigenvalue weighted by Gasteiger charge is 2.10. The van der Waals surface area contributed by atoms with E-state index in [4.69, 9.17) is 4.74 Å². The first kappa shape index (κ1) is 24.6. The zero-order valence-electron chi connectivity index (χ0n) is 17.2. The van der Waals surface area contributed by atoms with E-state index in [9.17, 15) is 4.79 Å². The van der Waals surface area contributed by atoms with Gasteiger partial charge in [-0.25, -0.2) is 4.99 Å². The highest BCUT2D eigenvalue weighted by Crippen LogP contribution is 2.07. The molecule has 0 spiro atoms. The number of rotatable bonds is 8. The zero-order chi connectivity index (χ0) is 19.5. The summed E-state index contributed by atoms with van der Waals surface area (Å²) in [7, 11) is 3.51. The largest absolute Gasteiger partial charge is 0.379 e. The van der Waals surface area contributed by atoms with E-state index in [1.165, 1.54) is 11.1 Å². The Morgan fingerprint density at radius 1 is 1.21 bits per heavy atom. The number of ether oxygens (including phenoxy) is 1. The van der Waals surface area contributed by atoms with Crippen LogP contribution in [-0.2, 0) is 16.1 Å². The molecule has 0 bridgehead atoms. The summed E-state index contributed by atoms with van der Waals surface area (Å²) < 4.78 is 5.38. The molecule has 1 heterocycles. The van der Waals surface area contributed by atoms with E-state index in [-0.39, 0.29) is 36.4 Å². The number of halogens is 1. The number of guanidine groups is 1. The van der Waals surface area contributed by atoms with Crippen molar-refractivity contribution >= 4 is 35.8 Å². The van der Waals surface area contributed by atoms with Crippen molar-refractivity contribution in [1.29, 1.82) is 0 Å². The van der Waals surface area contributed by atoms with Gasteiger partial charge in [-0.3, -0.25) is 9.69 Å². The lowest BCUT2D eigenvalue weighted by Crippen LogP contribution is -2.44. The van der Waals surface area contributed by atoms with Crippen LogP contribution in [0, 0.1) is 6.92 Å². The van der Waals surface area contributed by atoms with Crippen molar-refractivity contribution in [1.82, 2.24) is 20.4 Å². The van der Waals surface area contributed by atoms with Gasteiger partial charge in [0, 0.05) is 33.7 Å². The number of aryl methyl sites for hydroxylation is 1. The van der Waals surface area contributed by atoms with Crippen molar-refractivity contribution in [2.24, 2.45) is 4.99 Å². The summed E-state index contributed by atoms with van der Waals surface area (Å²) in [4.78, 5) is 20.5. The standard InChI is InChI=1S/C20H33N5O2.HI/c1-17-7-4-5-8-18(17)15-22-20(23-16-19(26)24(2)3)21-9-6-10-25-11-13-27-14-12-25;/h4-5,7-8H,6,9-16H2,1-3H3,(H2,21,22,23);1H.